The van der Waals surface area contributed by atoms with Gasteiger partial charge in [-0.2, -0.15) is 0 Å². The molecule has 0 radical (unpaired) electrons. The molecule has 10 aliphatic rings. The van der Waals surface area contributed by atoms with E-state index in [0.29, 0.717) is 35.5 Å². The van der Waals surface area contributed by atoms with Crippen molar-refractivity contribution in [2.45, 2.75) is 233 Å². The van der Waals surface area contributed by atoms with Gasteiger partial charge < -0.3 is 124 Å². The minimum absolute atomic E-state index is 0.0374. The lowest BCUT2D eigenvalue weighted by Crippen LogP contribution is -2.65. The molecule has 0 aromatic rings. The van der Waals surface area contributed by atoms with Crippen LogP contribution in [0.15, 0.2) is 11.6 Å². The van der Waals surface area contributed by atoms with E-state index in [4.69, 9.17) is 52.1 Å². The summed E-state index contributed by atoms with van der Waals surface area (Å²) in [6.07, 6.45) is -21.3. The van der Waals surface area contributed by atoms with Gasteiger partial charge in [-0.25, -0.2) is 0 Å². The fraction of sp³-hybridized carbons (Fsp3) is 0.964. The number of aliphatic hydroxyl groups is 14. The lowest BCUT2D eigenvalue weighted by atomic mass is 9.47. The summed E-state index contributed by atoms with van der Waals surface area (Å²) >= 11 is 0. The number of allylic oxidation sites excluding steroid dienone is 1. The second-order valence-electron chi connectivity index (χ2n) is 25.8. The standard InChI is InChI=1S/C56H92O25/c1-24-7-13-56(74-21-24)25(2)37-32(81-56)16-31-29-6-5-27-15-28(8-11-54(27,3)30(29)9-12-55(31,37)4)71-14-10-26(22-72-50-46(69)42(65)48(35(19-59)77-50)79-52-44(67)40(63)38(61)33(17-57)75-52)23-73-51-47(70)43(66)49(36(20-60)78-51)80-53-45(68)41(64)39(62)34(18-58)76-53/h5,24-26,28-53,57-70H,6-23H2,1-4H3/t24-,25+,26?,28+,29-,30+,31+,32+,33-,34-,35-,36-,37+,38-,39+,40+,41+,42-,43-,44-,45+,46-,47-,48-,49-,50-,51-,52-,53-,54+,55+,56-/m1/s1. The minimum atomic E-state index is -1.86. The van der Waals surface area contributed by atoms with E-state index in [1.165, 1.54) is 18.4 Å². The second-order valence-corrected chi connectivity index (χ2v) is 25.8. The molecule has 1 spiro atoms. The van der Waals surface area contributed by atoms with Gasteiger partial charge in [0, 0.05) is 24.9 Å². The zero-order chi connectivity index (χ0) is 58.0. The molecule has 25 nitrogen and oxygen atoms in total. The van der Waals surface area contributed by atoms with E-state index in [1.807, 2.05) is 0 Å². The Hall–Kier alpha value is -1.26. The fourth-order valence-electron chi connectivity index (χ4n) is 16.3. The normalized spacial score (nSPS) is 53.1. The molecule has 10 rings (SSSR count). The first-order chi connectivity index (χ1) is 38.6. The third-order valence-electron chi connectivity index (χ3n) is 21.1. The maximum atomic E-state index is 11.3. The zero-order valence-corrected chi connectivity index (χ0v) is 46.8. The van der Waals surface area contributed by atoms with E-state index in [2.05, 4.69) is 33.8 Å². The first-order valence-electron chi connectivity index (χ1n) is 29.6. The van der Waals surface area contributed by atoms with Gasteiger partial charge in [-0.3, -0.25) is 0 Å². The summed E-state index contributed by atoms with van der Waals surface area (Å²) in [6, 6.07) is 0. The molecule has 4 aliphatic carbocycles. The smallest absolute Gasteiger partial charge is 0.187 e. The highest BCUT2D eigenvalue weighted by atomic mass is 16.8. The molecule has 0 aromatic heterocycles. The summed E-state index contributed by atoms with van der Waals surface area (Å²) in [7, 11) is 0. The van der Waals surface area contributed by atoms with E-state index in [9.17, 15) is 71.5 Å². The number of rotatable bonds is 18. The van der Waals surface area contributed by atoms with Gasteiger partial charge in [0.1, 0.15) is 97.7 Å². The van der Waals surface area contributed by atoms with Crippen LogP contribution in [0.4, 0.5) is 0 Å². The average molecular weight is 1170 g/mol. The highest BCUT2D eigenvalue weighted by molar-refractivity contribution is 5.26. The zero-order valence-electron chi connectivity index (χ0n) is 46.8. The Labute approximate surface area is 471 Å². The Balaban J connectivity index is 0.784. The van der Waals surface area contributed by atoms with Crippen LogP contribution in [-0.2, 0) is 52.1 Å². The Morgan fingerprint density at radius 1 is 0.580 bits per heavy atom. The molecule has 6 heterocycles. The van der Waals surface area contributed by atoms with Crippen LogP contribution in [0.25, 0.3) is 0 Å². The molecular weight excluding hydrogens is 1070 g/mol. The Morgan fingerprint density at radius 3 is 1.63 bits per heavy atom. The van der Waals surface area contributed by atoms with Gasteiger partial charge in [0.25, 0.3) is 0 Å². The van der Waals surface area contributed by atoms with Crippen molar-refractivity contribution < 1.29 is 124 Å². The topological polar surface area (TPSA) is 385 Å². The van der Waals surface area contributed by atoms with Gasteiger partial charge in [0.15, 0.2) is 30.9 Å². The van der Waals surface area contributed by atoms with Crippen molar-refractivity contribution in [1.29, 1.82) is 0 Å². The van der Waals surface area contributed by atoms with Crippen molar-refractivity contribution in [1.82, 2.24) is 0 Å². The maximum Gasteiger partial charge on any atom is 0.187 e. The van der Waals surface area contributed by atoms with Gasteiger partial charge in [0.2, 0.25) is 0 Å². The van der Waals surface area contributed by atoms with Crippen molar-refractivity contribution in [3.05, 3.63) is 11.6 Å². The van der Waals surface area contributed by atoms with Crippen molar-refractivity contribution >= 4 is 0 Å². The van der Waals surface area contributed by atoms with Crippen molar-refractivity contribution in [3.8, 4) is 0 Å². The first-order valence-corrected chi connectivity index (χ1v) is 29.6. The van der Waals surface area contributed by atoms with Crippen LogP contribution in [0.1, 0.15) is 91.9 Å². The first kappa shape index (κ1) is 62.8. The molecule has 0 amide bonds. The number of aliphatic hydroxyl groups excluding tert-OH is 14. The molecule has 1 unspecified atom stereocenters. The molecule has 81 heavy (non-hydrogen) atoms. The molecule has 6 saturated heterocycles. The highest BCUT2D eigenvalue weighted by Crippen LogP contribution is 2.70. The van der Waals surface area contributed by atoms with Crippen LogP contribution in [0.3, 0.4) is 0 Å². The van der Waals surface area contributed by atoms with Crippen molar-refractivity contribution in [3.63, 3.8) is 0 Å². The number of ether oxygens (including phenoxy) is 11. The molecule has 466 valence electrons. The number of hydrogen-bond acceptors (Lipinski definition) is 25. The molecule has 25 heteroatoms. The van der Waals surface area contributed by atoms with E-state index >= 15 is 0 Å². The van der Waals surface area contributed by atoms with Gasteiger partial charge >= 0.3 is 0 Å². The second kappa shape index (κ2) is 25.5. The number of fused-ring (bicyclic) bond motifs is 7. The third kappa shape index (κ3) is 11.7. The van der Waals surface area contributed by atoms with E-state index < -0.39 is 161 Å². The van der Waals surface area contributed by atoms with Crippen molar-refractivity contribution in [2.75, 3.05) is 52.9 Å². The lowest BCUT2D eigenvalue weighted by Gasteiger charge is -2.58. The SMILES string of the molecule is C[C@@H]1CC[C@@]2(OC1)O[C@H]1C[C@H]3[C@@H]4CC=C5C[C@@H](OCCC(CO[C@@H]6O[C@H](CO)[C@@H](O[C@H]7O[C@H](CO)[C@H](O)[C@H](O)[C@@H]7O)[C@H](O)[C@H]6O)CO[C@@H]6O[C@H](CO)[C@@H](O[C@H]7O[C@H](CO)[C@@H](O)[C@H](O)[C@H]7O)[C@H](O)[C@H]6O)CC[C@]5(C)[C@H]4CC[C@]3(C)[C@H]1[C@@H]2C. The Bertz CT molecular complexity index is 2000. The quantitative estimate of drug-likeness (QED) is 0.0609. The van der Waals surface area contributed by atoms with E-state index in [1.54, 1.807) is 0 Å². The summed E-state index contributed by atoms with van der Waals surface area (Å²) in [5.74, 6) is 1.99. The predicted octanol–water partition coefficient (Wildman–Crippen LogP) is -2.97. The summed E-state index contributed by atoms with van der Waals surface area (Å²) in [5.41, 5.74) is 1.66. The van der Waals surface area contributed by atoms with Crippen LogP contribution >= 0.6 is 0 Å². The minimum Gasteiger partial charge on any atom is -0.394 e. The largest absolute Gasteiger partial charge is 0.394 e. The summed E-state index contributed by atoms with van der Waals surface area (Å²) in [4.78, 5) is 0. The molecule has 6 aliphatic heterocycles. The molecule has 32 atom stereocenters. The predicted molar refractivity (Wildman–Crippen MR) is 274 cm³/mol. The van der Waals surface area contributed by atoms with Gasteiger partial charge in [-0.05, 0) is 98.2 Å². The van der Waals surface area contributed by atoms with E-state index in [0.717, 1.165) is 51.6 Å². The lowest BCUT2D eigenvalue weighted by molar-refractivity contribution is -0.363. The molecule has 14 N–H and O–H groups in total. The van der Waals surface area contributed by atoms with Gasteiger partial charge in [-0.1, -0.05) is 39.3 Å². The maximum absolute atomic E-state index is 11.3. The molecular formula is C56H92O25. The van der Waals surface area contributed by atoms with E-state index in [-0.39, 0.29) is 49.3 Å². The van der Waals surface area contributed by atoms with Gasteiger partial charge in [-0.15, -0.1) is 0 Å². The average Bonchev–Trinajstić information content (AvgIpc) is 3.70. The van der Waals surface area contributed by atoms with Crippen LogP contribution in [0.2, 0.25) is 0 Å². The van der Waals surface area contributed by atoms with Crippen LogP contribution in [-0.4, -0.2) is 265 Å². The Morgan fingerprint density at radius 2 is 1.11 bits per heavy atom. The van der Waals surface area contributed by atoms with Crippen LogP contribution < -0.4 is 0 Å². The fourth-order valence-corrected chi connectivity index (χ4v) is 16.3. The van der Waals surface area contributed by atoms with Crippen LogP contribution in [0, 0.1) is 52.3 Å². The summed E-state index contributed by atoms with van der Waals surface area (Å²) < 4.78 is 66.5. The summed E-state index contributed by atoms with van der Waals surface area (Å²) in [6.45, 7) is 7.00. The third-order valence-corrected chi connectivity index (χ3v) is 21.1. The molecule has 0 bridgehead atoms. The van der Waals surface area contributed by atoms with Crippen molar-refractivity contribution in [2.24, 2.45) is 52.3 Å². The molecule has 0 aromatic carbocycles. The Kier molecular flexibility index (Phi) is 19.7. The summed E-state index contributed by atoms with van der Waals surface area (Å²) in [5, 5.41) is 148. The highest BCUT2D eigenvalue weighted by Gasteiger charge is 2.69. The van der Waals surface area contributed by atoms with Gasteiger partial charge in [0.05, 0.1) is 58.5 Å². The molecule has 9 fully saturated rings. The monoisotopic (exact) mass is 1160 g/mol. The number of hydrogen-bond donors (Lipinski definition) is 14. The van der Waals surface area contributed by atoms with Crippen LogP contribution in [0.5, 0.6) is 0 Å². The molecule has 3 saturated carbocycles.